The number of esters is 1. The molecule has 0 radical (unpaired) electrons. The number of allylic oxidation sites excluding steroid dienone is 1. The van der Waals surface area contributed by atoms with Gasteiger partial charge in [-0.25, -0.2) is 0 Å². The first-order valence-electron chi connectivity index (χ1n) is 4.06. The third-order valence-corrected chi connectivity index (χ3v) is 1.72. The molecule has 0 aliphatic rings. The largest absolute Gasteiger partial charge is 0.468 e. The van der Waals surface area contributed by atoms with E-state index in [0.717, 1.165) is 0 Å². The van der Waals surface area contributed by atoms with Crippen LogP contribution in [0.15, 0.2) is 18.4 Å². The zero-order valence-corrected chi connectivity index (χ0v) is 8.00. The second-order valence-electron chi connectivity index (χ2n) is 2.67. The van der Waals surface area contributed by atoms with E-state index < -0.39 is 11.9 Å². The third-order valence-electron chi connectivity index (χ3n) is 1.72. The van der Waals surface area contributed by atoms with Crippen molar-refractivity contribution in [2.24, 2.45) is 5.92 Å². The van der Waals surface area contributed by atoms with Gasteiger partial charge in [0.2, 0.25) is 0 Å². The predicted octanol–water partition coefficient (Wildman–Crippen LogP) is 1.49. The maximum atomic E-state index is 11.1. The van der Waals surface area contributed by atoms with Crippen LogP contribution in [0, 0.1) is 5.92 Å². The van der Waals surface area contributed by atoms with Crippen molar-refractivity contribution < 1.29 is 14.3 Å². The molecule has 0 rings (SSSR count). The Hall–Kier alpha value is -1.34. The summed E-state index contributed by atoms with van der Waals surface area (Å²) in [6.07, 6.45) is 2.77. The van der Waals surface area contributed by atoms with Gasteiger partial charge in [0.1, 0.15) is 11.7 Å². The second kappa shape index (κ2) is 6.21. The van der Waals surface area contributed by atoms with Crippen molar-refractivity contribution in [1.29, 1.82) is 0 Å². The molecule has 3 heteroatoms. The summed E-state index contributed by atoms with van der Waals surface area (Å²) in [4.78, 5) is 22.0. The molecule has 0 saturated heterocycles. The minimum atomic E-state index is -0.644. The molecule has 3 nitrogen and oxygen atoms in total. The fraction of sp³-hybridized carbons (Fsp3) is 0.500. The number of carbonyl (C=O) groups is 2. The van der Waals surface area contributed by atoms with E-state index in [1.165, 1.54) is 14.0 Å². The fourth-order valence-electron chi connectivity index (χ4n) is 0.981. The van der Waals surface area contributed by atoms with E-state index in [1.807, 2.05) is 0 Å². The van der Waals surface area contributed by atoms with E-state index in [2.05, 4.69) is 17.0 Å². The quantitative estimate of drug-likeness (QED) is 0.367. The molecule has 0 saturated carbocycles. The van der Waals surface area contributed by atoms with E-state index >= 15 is 0 Å². The van der Waals surface area contributed by atoms with Crippen LogP contribution in [-0.2, 0) is 14.3 Å². The molecule has 0 heterocycles. The number of methoxy groups -OCH3 is 1. The van der Waals surface area contributed by atoms with E-state index in [0.29, 0.717) is 12.8 Å². The van der Waals surface area contributed by atoms with Gasteiger partial charge in [-0.3, -0.25) is 9.59 Å². The van der Waals surface area contributed by atoms with E-state index in [9.17, 15) is 9.59 Å². The van der Waals surface area contributed by atoms with E-state index in [4.69, 9.17) is 0 Å². The maximum Gasteiger partial charge on any atom is 0.316 e. The molecular weight excluding hydrogens is 168 g/mol. The molecule has 0 spiro atoms. The molecule has 0 fully saturated rings. The Bertz CT molecular complexity index is 237. The van der Waals surface area contributed by atoms with Crippen LogP contribution in [0.5, 0.6) is 0 Å². The summed E-state index contributed by atoms with van der Waals surface area (Å²) in [6.45, 7) is 4.77. The molecule has 0 aromatic heterocycles. The summed E-state index contributed by atoms with van der Waals surface area (Å²) in [5, 5.41) is 0. The molecule has 0 bridgehead atoms. The van der Waals surface area contributed by atoms with Crippen LogP contribution in [0.3, 0.4) is 0 Å². The highest BCUT2D eigenvalue weighted by Crippen LogP contribution is 2.10. The Morgan fingerprint density at radius 1 is 1.62 bits per heavy atom. The standard InChI is InChI=1S/C10H14O3/c1-4-5-6-7-9(8(2)11)10(12)13-3/h5,9H,1,6-7H2,2-3H3. The summed E-state index contributed by atoms with van der Waals surface area (Å²) in [7, 11) is 1.28. The van der Waals surface area contributed by atoms with Crippen molar-refractivity contribution in [2.75, 3.05) is 7.11 Å². The number of Topliss-reactive ketones (excluding diaryl/α,β-unsaturated/α-hetero) is 1. The molecule has 13 heavy (non-hydrogen) atoms. The van der Waals surface area contributed by atoms with Gasteiger partial charge in [-0.05, 0) is 25.8 Å². The van der Waals surface area contributed by atoms with Crippen molar-refractivity contribution in [1.82, 2.24) is 0 Å². The van der Waals surface area contributed by atoms with Crippen LogP contribution >= 0.6 is 0 Å². The SMILES string of the molecule is C=C=CCCC(C(C)=O)C(=O)OC. The minimum absolute atomic E-state index is 0.163. The highest BCUT2D eigenvalue weighted by atomic mass is 16.5. The Labute approximate surface area is 78.1 Å². The molecule has 0 aliphatic carbocycles. The highest BCUT2D eigenvalue weighted by Gasteiger charge is 2.22. The van der Waals surface area contributed by atoms with Gasteiger partial charge in [-0.1, -0.05) is 6.58 Å². The zero-order chi connectivity index (χ0) is 10.3. The lowest BCUT2D eigenvalue weighted by Crippen LogP contribution is -2.22. The number of ketones is 1. The third kappa shape index (κ3) is 4.28. The van der Waals surface area contributed by atoms with Crippen LogP contribution in [0.1, 0.15) is 19.8 Å². The summed E-state index contributed by atoms with van der Waals surface area (Å²) in [5.41, 5.74) is 2.58. The molecule has 1 atom stereocenters. The average Bonchev–Trinajstić information content (AvgIpc) is 2.11. The topological polar surface area (TPSA) is 43.4 Å². The van der Waals surface area contributed by atoms with Gasteiger partial charge in [-0.15, -0.1) is 5.73 Å². The summed E-state index contributed by atoms with van der Waals surface area (Å²) >= 11 is 0. The lowest BCUT2D eigenvalue weighted by atomic mass is 9.99. The first-order valence-corrected chi connectivity index (χ1v) is 4.06. The fourth-order valence-corrected chi connectivity index (χ4v) is 0.981. The smallest absolute Gasteiger partial charge is 0.316 e. The van der Waals surface area contributed by atoms with Gasteiger partial charge in [0, 0.05) is 0 Å². The number of hydrogen-bond donors (Lipinski definition) is 0. The number of hydrogen-bond acceptors (Lipinski definition) is 3. The van der Waals surface area contributed by atoms with Gasteiger partial charge >= 0.3 is 5.97 Å². The lowest BCUT2D eigenvalue weighted by Gasteiger charge is -2.08. The average molecular weight is 182 g/mol. The number of rotatable bonds is 5. The van der Waals surface area contributed by atoms with Crippen LogP contribution in [0.25, 0.3) is 0 Å². The van der Waals surface area contributed by atoms with E-state index in [1.54, 1.807) is 6.08 Å². The van der Waals surface area contributed by atoms with Crippen LogP contribution in [-0.4, -0.2) is 18.9 Å². The highest BCUT2D eigenvalue weighted by molar-refractivity contribution is 5.97. The molecule has 1 unspecified atom stereocenters. The predicted molar refractivity (Wildman–Crippen MR) is 49.1 cm³/mol. The van der Waals surface area contributed by atoms with Crippen LogP contribution < -0.4 is 0 Å². The van der Waals surface area contributed by atoms with Crippen LogP contribution in [0.2, 0.25) is 0 Å². The zero-order valence-electron chi connectivity index (χ0n) is 8.00. The van der Waals surface area contributed by atoms with Gasteiger partial charge in [0.15, 0.2) is 0 Å². The van der Waals surface area contributed by atoms with Crippen molar-refractivity contribution in [2.45, 2.75) is 19.8 Å². The Morgan fingerprint density at radius 3 is 2.62 bits per heavy atom. The van der Waals surface area contributed by atoms with Crippen molar-refractivity contribution >= 4 is 11.8 Å². The van der Waals surface area contributed by atoms with Crippen molar-refractivity contribution in [3.63, 3.8) is 0 Å². The Morgan fingerprint density at radius 2 is 2.23 bits per heavy atom. The lowest BCUT2D eigenvalue weighted by molar-refractivity contribution is -0.149. The number of carbonyl (C=O) groups excluding carboxylic acids is 2. The molecule has 0 aliphatic heterocycles. The molecule has 0 N–H and O–H groups in total. The first kappa shape index (κ1) is 11.7. The van der Waals surface area contributed by atoms with E-state index in [-0.39, 0.29) is 5.78 Å². The molecule has 0 amide bonds. The van der Waals surface area contributed by atoms with Gasteiger partial charge < -0.3 is 4.74 Å². The normalized spacial score (nSPS) is 11.2. The van der Waals surface area contributed by atoms with Gasteiger partial charge in [-0.2, -0.15) is 0 Å². The molecule has 0 aromatic rings. The van der Waals surface area contributed by atoms with Gasteiger partial charge in [0.25, 0.3) is 0 Å². The van der Waals surface area contributed by atoms with Crippen LogP contribution in [0.4, 0.5) is 0 Å². The molecule has 72 valence electrons. The minimum Gasteiger partial charge on any atom is -0.468 e. The summed E-state index contributed by atoms with van der Waals surface area (Å²) < 4.78 is 4.49. The Kier molecular flexibility index (Phi) is 5.57. The summed E-state index contributed by atoms with van der Waals surface area (Å²) in [6, 6.07) is 0. The molecular formula is C10H14O3. The maximum absolute atomic E-state index is 11.1. The van der Waals surface area contributed by atoms with Crippen molar-refractivity contribution in [3.8, 4) is 0 Å². The van der Waals surface area contributed by atoms with Crippen molar-refractivity contribution in [3.05, 3.63) is 18.4 Å². The Balaban J connectivity index is 4.18. The first-order chi connectivity index (χ1) is 6.13. The molecule has 0 aromatic carbocycles. The number of ether oxygens (including phenoxy) is 1. The monoisotopic (exact) mass is 182 g/mol. The second-order valence-corrected chi connectivity index (χ2v) is 2.67. The van der Waals surface area contributed by atoms with Gasteiger partial charge in [0.05, 0.1) is 7.11 Å². The summed E-state index contributed by atoms with van der Waals surface area (Å²) in [5.74, 6) is -1.27.